The Kier molecular flexibility index (Phi) is 5.40. The number of hydrogen-bond donors (Lipinski definition) is 1. The normalized spacial score (nSPS) is 26.9. The van der Waals surface area contributed by atoms with Crippen LogP contribution in [0, 0.1) is 0 Å². The van der Waals surface area contributed by atoms with E-state index in [1.807, 2.05) is 19.1 Å². The Balaban J connectivity index is 1.93. The fraction of sp³-hybridized carbons (Fsp3) is 0.625. The average Bonchev–Trinajstić information content (AvgIpc) is 2.46. The molecule has 1 saturated carbocycles. The molecule has 0 aliphatic heterocycles. The van der Waals surface area contributed by atoms with Gasteiger partial charge in [0.05, 0.1) is 19.3 Å². The van der Waals surface area contributed by atoms with E-state index >= 15 is 0 Å². The minimum Gasteiger partial charge on any atom is -0.497 e. The largest absolute Gasteiger partial charge is 0.497 e. The highest BCUT2D eigenvalue weighted by Gasteiger charge is 2.42. The van der Waals surface area contributed by atoms with Crippen LogP contribution in [0.4, 0.5) is 0 Å². The monoisotopic (exact) mass is 279 g/mol. The number of benzene rings is 1. The fourth-order valence-electron chi connectivity index (χ4n) is 2.77. The van der Waals surface area contributed by atoms with Gasteiger partial charge in [0.25, 0.3) is 0 Å². The zero-order valence-electron chi connectivity index (χ0n) is 12.8. The summed E-state index contributed by atoms with van der Waals surface area (Å²) < 4.78 is 16.5. The number of nitrogens with one attached hydrogen (secondary N) is 1. The molecular formula is C16H25NO3. The molecule has 1 N–H and O–H groups in total. The molecule has 4 nitrogen and oxygen atoms in total. The summed E-state index contributed by atoms with van der Waals surface area (Å²) >= 11 is 0. The SMILES string of the molecule is CCOC1CC(N[C@H](C)c2cccc(OC)c2)C1OC. The van der Waals surface area contributed by atoms with Gasteiger partial charge in [0.1, 0.15) is 5.75 Å². The molecule has 0 heterocycles. The van der Waals surface area contributed by atoms with Gasteiger partial charge in [-0.05, 0) is 38.0 Å². The summed E-state index contributed by atoms with van der Waals surface area (Å²) in [6.07, 6.45) is 1.36. The molecule has 1 aliphatic carbocycles. The number of ether oxygens (including phenoxy) is 3. The molecule has 2 rings (SSSR count). The second-order valence-corrected chi connectivity index (χ2v) is 5.20. The molecule has 1 aromatic rings. The van der Waals surface area contributed by atoms with Gasteiger partial charge < -0.3 is 19.5 Å². The van der Waals surface area contributed by atoms with Gasteiger partial charge >= 0.3 is 0 Å². The zero-order valence-corrected chi connectivity index (χ0v) is 12.8. The molecule has 1 aliphatic rings. The van der Waals surface area contributed by atoms with E-state index in [0.717, 1.165) is 18.8 Å². The van der Waals surface area contributed by atoms with Crippen LogP contribution in [-0.2, 0) is 9.47 Å². The van der Waals surface area contributed by atoms with Crippen LogP contribution in [0.15, 0.2) is 24.3 Å². The van der Waals surface area contributed by atoms with Gasteiger partial charge in [0.15, 0.2) is 0 Å². The van der Waals surface area contributed by atoms with Crippen molar-refractivity contribution in [3.63, 3.8) is 0 Å². The molecule has 1 aromatic carbocycles. The molecule has 112 valence electrons. The van der Waals surface area contributed by atoms with E-state index in [2.05, 4.69) is 24.4 Å². The molecule has 0 amide bonds. The maximum atomic E-state index is 5.65. The first kappa shape index (κ1) is 15.3. The lowest BCUT2D eigenvalue weighted by molar-refractivity contribution is -0.133. The van der Waals surface area contributed by atoms with Crippen LogP contribution < -0.4 is 10.1 Å². The number of methoxy groups -OCH3 is 2. The van der Waals surface area contributed by atoms with Crippen LogP contribution in [-0.4, -0.2) is 39.1 Å². The molecule has 4 heteroatoms. The molecule has 1 fully saturated rings. The van der Waals surface area contributed by atoms with Gasteiger partial charge in [-0.15, -0.1) is 0 Å². The van der Waals surface area contributed by atoms with Crippen molar-refractivity contribution in [1.29, 1.82) is 0 Å². The predicted octanol–water partition coefficient (Wildman–Crippen LogP) is 2.54. The van der Waals surface area contributed by atoms with Crippen molar-refractivity contribution in [2.45, 2.75) is 44.6 Å². The maximum Gasteiger partial charge on any atom is 0.119 e. The van der Waals surface area contributed by atoms with Crippen molar-refractivity contribution in [2.24, 2.45) is 0 Å². The second kappa shape index (κ2) is 7.07. The van der Waals surface area contributed by atoms with Gasteiger partial charge in [-0.3, -0.25) is 0 Å². The summed E-state index contributed by atoms with van der Waals surface area (Å²) in [6, 6.07) is 8.76. The van der Waals surface area contributed by atoms with Crippen LogP contribution in [0.2, 0.25) is 0 Å². The summed E-state index contributed by atoms with van der Waals surface area (Å²) in [5.74, 6) is 0.889. The van der Waals surface area contributed by atoms with Crippen LogP contribution >= 0.6 is 0 Å². The minimum absolute atomic E-state index is 0.142. The van der Waals surface area contributed by atoms with E-state index in [9.17, 15) is 0 Å². The highest BCUT2D eigenvalue weighted by atomic mass is 16.5. The van der Waals surface area contributed by atoms with Gasteiger partial charge in [-0.25, -0.2) is 0 Å². The van der Waals surface area contributed by atoms with Gasteiger partial charge in [0.2, 0.25) is 0 Å². The Morgan fingerprint density at radius 2 is 2.15 bits per heavy atom. The maximum absolute atomic E-state index is 5.65. The standard InChI is InChI=1S/C16H25NO3/c1-5-20-15-10-14(16(15)19-4)17-11(2)12-7-6-8-13(9-12)18-3/h6-9,11,14-17H,5,10H2,1-4H3/t11-,14?,15?,16?/m1/s1. The Morgan fingerprint density at radius 3 is 2.80 bits per heavy atom. The topological polar surface area (TPSA) is 39.7 Å². The average molecular weight is 279 g/mol. The third-order valence-corrected chi connectivity index (χ3v) is 3.96. The Hall–Kier alpha value is -1.10. The molecule has 0 radical (unpaired) electrons. The Labute approximate surface area is 121 Å². The fourth-order valence-corrected chi connectivity index (χ4v) is 2.77. The van der Waals surface area contributed by atoms with E-state index in [4.69, 9.17) is 14.2 Å². The summed E-state index contributed by atoms with van der Waals surface area (Å²) in [7, 11) is 3.44. The first-order valence-corrected chi connectivity index (χ1v) is 7.24. The van der Waals surface area contributed by atoms with Gasteiger partial charge in [-0.2, -0.15) is 0 Å². The number of hydrogen-bond acceptors (Lipinski definition) is 4. The van der Waals surface area contributed by atoms with Crippen molar-refractivity contribution in [3.05, 3.63) is 29.8 Å². The van der Waals surface area contributed by atoms with Gasteiger partial charge in [0, 0.05) is 25.8 Å². The van der Waals surface area contributed by atoms with Crippen LogP contribution in [0.5, 0.6) is 5.75 Å². The van der Waals surface area contributed by atoms with Crippen molar-refractivity contribution < 1.29 is 14.2 Å². The molecule has 0 saturated heterocycles. The molecule has 0 spiro atoms. The third-order valence-electron chi connectivity index (χ3n) is 3.96. The zero-order chi connectivity index (χ0) is 14.5. The first-order valence-electron chi connectivity index (χ1n) is 7.24. The van der Waals surface area contributed by atoms with Crippen LogP contribution in [0.3, 0.4) is 0 Å². The summed E-state index contributed by atoms with van der Waals surface area (Å²) in [4.78, 5) is 0. The quantitative estimate of drug-likeness (QED) is 0.832. The molecule has 20 heavy (non-hydrogen) atoms. The number of rotatable bonds is 7. The van der Waals surface area contributed by atoms with E-state index in [-0.39, 0.29) is 18.2 Å². The lowest BCUT2D eigenvalue weighted by atomic mass is 9.84. The molecule has 4 atom stereocenters. The summed E-state index contributed by atoms with van der Waals surface area (Å²) in [5, 5.41) is 3.61. The van der Waals surface area contributed by atoms with E-state index in [0.29, 0.717) is 6.04 Å². The van der Waals surface area contributed by atoms with Crippen molar-refractivity contribution in [3.8, 4) is 5.75 Å². The van der Waals surface area contributed by atoms with Crippen LogP contribution in [0.1, 0.15) is 31.9 Å². The first-order chi connectivity index (χ1) is 9.69. The molecular weight excluding hydrogens is 254 g/mol. The highest BCUT2D eigenvalue weighted by molar-refractivity contribution is 5.30. The lowest BCUT2D eigenvalue weighted by Gasteiger charge is -2.44. The second-order valence-electron chi connectivity index (χ2n) is 5.20. The molecule has 3 unspecified atom stereocenters. The minimum atomic E-state index is 0.142. The summed E-state index contributed by atoms with van der Waals surface area (Å²) in [6.45, 7) is 4.92. The Bertz CT molecular complexity index is 424. The smallest absolute Gasteiger partial charge is 0.119 e. The van der Waals surface area contributed by atoms with Crippen molar-refractivity contribution in [2.75, 3.05) is 20.8 Å². The predicted molar refractivity (Wildman–Crippen MR) is 79.2 cm³/mol. The van der Waals surface area contributed by atoms with Crippen molar-refractivity contribution in [1.82, 2.24) is 5.32 Å². The lowest BCUT2D eigenvalue weighted by Crippen LogP contribution is -2.60. The van der Waals surface area contributed by atoms with Crippen LogP contribution in [0.25, 0.3) is 0 Å². The molecule has 0 aromatic heterocycles. The molecule has 0 bridgehead atoms. The summed E-state index contributed by atoms with van der Waals surface area (Å²) in [5.41, 5.74) is 1.22. The Morgan fingerprint density at radius 1 is 1.35 bits per heavy atom. The van der Waals surface area contributed by atoms with Gasteiger partial charge in [-0.1, -0.05) is 12.1 Å². The highest BCUT2D eigenvalue weighted by Crippen LogP contribution is 2.29. The van der Waals surface area contributed by atoms with E-state index in [1.165, 1.54) is 5.56 Å². The third kappa shape index (κ3) is 3.32. The van der Waals surface area contributed by atoms with E-state index in [1.54, 1.807) is 14.2 Å². The van der Waals surface area contributed by atoms with E-state index < -0.39 is 0 Å². The van der Waals surface area contributed by atoms with Crippen molar-refractivity contribution >= 4 is 0 Å².